The second kappa shape index (κ2) is 64.6. The molecule has 3 aliphatic heterocycles. The molecule has 3 saturated heterocycles. The molecule has 3 heterocycles. The number of nitrogens with one attached hydrogen (secondary N) is 2. The summed E-state index contributed by atoms with van der Waals surface area (Å²) in [6.45, 7) is 36.8. The quantitative estimate of drug-likeness (QED) is 0.0199. The van der Waals surface area contributed by atoms with Gasteiger partial charge in [-0.25, -0.2) is 9.13 Å². The van der Waals surface area contributed by atoms with Gasteiger partial charge in [-0.3, -0.25) is 18.6 Å². The zero-order valence-corrected chi connectivity index (χ0v) is 83.2. The average Bonchev–Trinajstić information content (AvgIpc) is 0.767. The summed E-state index contributed by atoms with van der Waals surface area (Å²) in [5.74, 6) is -1.65. The van der Waals surface area contributed by atoms with Crippen LogP contribution in [0.4, 0.5) is 0 Å². The van der Waals surface area contributed by atoms with Crippen LogP contribution in [0.2, 0.25) is 0 Å². The summed E-state index contributed by atoms with van der Waals surface area (Å²) >= 11 is 0. The second-order valence-corrected chi connectivity index (χ2v) is 39.7. The fourth-order valence-corrected chi connectivity index (χ4v) is 17.7. The molecule has 0 aromatic heterocycles. The smallest absolute Gasteiger partial charge is 0.394 e. The van der Waals surface area contributed by atoms with Crippen molar-refractivity contribution in [2.24, 2.45) is 5.92 Å². The van der Waals surface area contributed by atoms with Gasteiger partial charge in [0.25, 0.3) is 0 Å². The van der Waals surface area contributed by atoms with Gasteiger partial charge >= 0.3 is 15.6 Å². The molecule has 0 aromatic carbocycles. The zero-order chi connectivity index (χ0) is 95.5. The van der Waals surface area contributed by atoms with E-state index in [2.05, 4.69) is 217 Å². The molecule has 2 amide bonds. The Balaban J connectivity index is 1.28. The predicted molar refractivity (Wildman–Crippen MR) is 514 cm³/mol. The van der Waals surface area contributed by atoms with Crippen LogP contribution in [-0.4, -0.2) is 181 Å². The lowest BCUT2D eigenvalue weighted by Gasteiger charge is -2.49. The molecule has 0 radical (unpaired) electrons. The van der Waals surface area contributed by atoms with Crippen LogP contribution in [0.25, 0.3) is 0 Å². The van der Waals surface area contributed by atoms with Crippen LogP contribution >= 0.6 is 15.6 Å². The summed E-state index contributed by atoms with van der Waals surface area (Å²) in [5.41, 5.74) is 21.8. The van der Waals surface area contributed by atoms with E-state index in [9.17, 15) is 69.4 Å². The zero-order valence-electron chi connectivity index (χ0n) is 81.4. The third kappa shape index (κ3) is 50.8. The monoisotopic (exact) mass is 1840 g/mol. The minimum Gasteiger partial charge on any atom is -0.394 e. The molecule has 3 aliphatic rings. The topological polar surface area (TPSA) is 368 Å². The van der Waals surface area contributed by atoms with Crippen molar-refractivity contribution in [2.75, 3.05) is 26.4 Å². The van der Waals surface area contributed by atoms with Crippen molar-refractivity contribution in [3.63, 3.8) is 0 Å². The molecule has 0 aromatic rings. The minimum atomic E-state index is -5.70. The maximum absolute atomic E-state index is 13.4. The minimum absolute atomic E-state index is 0.00352. The lowest BCUT2D eigenvalue weighted by atomic mass is 9.94. The summed E-state index contributed by atoms with van der Waals surface area (Å²) < 4.78 is 69.8. The summed E-state index contributed by atoms with van der Waals surface area (Å²) in [6, 6.07) is -3.54. The molecule has 0 saturated carbocycles. The number of hydrogen-bond donors (Lipinski definition) is 12. The Bertz CT molecular complexity index is 3890. The Morgan fingerprint density at radius 1 is 0.320 bits per heavy atom. The molecule has 3 rings (SSSR count). The molecule has 3 fully saturated rings. The van der Waals surface area contributed by atoms with Gasteiger partial charge in [-0.05, 0) is 316 Å². The van der Waals surface area contributed by atoms with Crippen LogP contribution in [0.1, 0.15) is 331 Å². The Morgan fingerprint density at radius 2 is 0.570 bits per heavy atom. The van der Waals surface area contributed by atoms with Gasteiger partial charge in [-0.1, -0.05) is 182 Å². The standard InChI is InChI=1S/C102H170N2O22P2/c1-70(2)35-20-36-71(3)37-21-38-72(4)39-22-40-73(5)41-23-42-74(6)43-24-44-75(7)45-25-46-76(8)47-26-48-77(9)49-27-50-78(10)51-28-52-79(11)53-29-54-80(12)55-30-56-81(13)57-31-58-82(14)59-32-60-83(15)61-33-62-84(16)63-34-64-85(17)65-66-119-127(115,116)126-128(117,118)125-101-92(104-87(19)109)95(112)98(90(69-107)122-101)123-100-91(103-86(18)108)94(111)99(89(68-106)121-100)124-102-97(114)96(113)93(110)88(67-105)120-102/h35,37,39,41,43,45,47,49,51,53,55,57,59,61,63,85,88-102,105-107,110-114H,20-34,36,38,40,42,44,46,48,50,52,54,56,58,60,62,64-69H2,1-19H3,(H,103,108)(H,104,109)(H,115,116)(H,117,118). The highest BCUT2D eigenvalue weighted by atomic mass is 31.3. The van der Waals surface area contributed by atoms with Gasteiger partial charge in [0.1, 0.15) is 73.1 Å². The Hall–Kier alpha value is -5.22. The van der Waals surface area contributed by atoms with E-state index >= 15 is 0 Å². The predicted octanol–water partition coefficient (Wildman–Crippen LogP) is 20.9. The van der Waals surface area contributed by atoms with Crippen molar-refractivity contribution < 1.29 is 106 Å². The van der Waals surface area contributed by atoms with Gasteiger partial charge in [0, 0.05) is 13.8 Å². The van der Waals surface area contributed by atoms with E-state index < -0.39 is 139 Å². The first-order chi connectivity index (χ1) is 60.6. The molecule has 18 atom stereocenters. The van der Waals surface area contributed by atoms with Crippen molar-refractivity contribution in [1.82, 2.24) is 10.6 Å². The fraction of sp³-hybridized carbons (Fsp3) is 0.686. The lowest BCUT2D eigenvalue weighted by Crippen LogP contribution is -2.70. The number of hydrogen-bond acceptors (Lipinski definition) is 20. The molecular formula is C102H170N2O22P2. The maximum atomic E-state index is 13.4. The number of phosphoric acid groups is 2. The van der Waals surface area contributed by atoms with Crippen LogP contribution in [0.5, 0.6) is 0 Å². The van der Waals surface area contributed by atoms with Gasteiger partial charge < -0.3 is 85.0 Å². The number of phosphoric ester groups is 2. The highest BCUT2D eigenvalue weighted by molar-refractivity contribution is 7.61. The van der Waals surface area contributed by atoms with Crippen molar-refractivity contribution in [3.05, 3.63) is 175 Å². The third-order valence-electron chi connectivity index (χ3n) is 23.8. The molecule has 128 heavy (non-hydrogen) atoms. The lowest BCUT2D eigenvalue weighted by molar-refractivity contribution is -0.360. The Labute approximate surface area is 770 Å². The Kier molecular flexibility index (Phi) is 59.1. The maximum Gasteiger partial charge on any atom is 0.483 e. The number of rotatable bonds is 62. The number of carbonyl (C=O) groups is 2. The molecule has 18 unspecified atom stereocenters. The molecular weight excluding hydrogens is 1670 g/mol. The molecule has 0 spiro atoms. The number of amides is 2. The first kappa shape index (κ1) is 117. The largest absolute Gasteiger partial charge is 0.483 e. The normalized spacial score (nSPS) is 25.9. The number of aliphatic hydroxyl groups is 8. The van der Waals surface area contributed by atoms with Crippen molar-refractivity contribution >= 4 is 27.5 Å². The van der Waals surface area contributed by atoms with E-state index in [-0.39, 0.29) is 18.9 Å². The highest BCUT2D eigenvalue weighted by Gasteiger charge is 2.56. The average molecular weight is 1840 g/mol. The molecule has 0 bridgehead atoms. The van der Waals surface area contributed by atoms with Crippen LogP contribution in [0.15, 0.2) is 175 Å². The number of allylic oxidation sites excluding steroid dienone is 30. The van der Waals surface area contributed by atoms with E-state index in [1.807, 2.05) is 6.92 Å². The van der Waals surface area contributed by atoms with Crippen LogP contribution < -0.4 is 10.6 Å². The number of ether oxygens (including phenoxy) is 5. The van der Waals surface area contributed by atoms with E-state index in [4.69, 9.17) is 32.7 Å². The summed E-state index contributed by atoms with van der Waals surface area (Å²) in [7, 11) is -11.0. The van der Waals surface area contributed by atoms with Gasteiger partial charge in [0.05, 0.1) is 26.4 Å². The SMILES string of the molecule is CC(=O)NC1C(OC2C(CO)OC(OP(=O)(O)OP(=O)(O)OCCC(C)CCC=C(C)CCC=C(C)CCC=C(C)CCC=C(C)CCC=C(C)CCC=C(C)CCC=C(C)CCC=C(C)CCC=C(C)CCC=C(C)CCC=C(C)CCC=C(C)CCC=C(C)CCC=C(C)CCC=C(C)C)C(NC(C)=O)C2O)OC(CO)C(OC2OC(CO)C(O)C(O)C2O)C1O. The molecule has 24 nitrogen and oxygen atoms in total. The Morgan fingerprint density at radius 3 is 0.844 bits per heavy atom. The van der Waals surface area contributed by atoms with Gasteiger partial charge in [-0.15, -0.1) is 0 Å². The molecule has 0 aliphatic carbocycles. The van der Waals surface area contributed by atoms with Gasteiger partial charge in [0.2, 0.25) is 11.8 Å². The first-order valence-corrected chi connectivity index (χ1v) is 50.1. The summed E-state index contributed by atoms with van der Waals surface area (Å²) in [5, 5.41) is 89.6. The van der Waals surface area contributed by atoms with Gasteiger partial charge in [0.15, 0.2) is 18.9 Å². The van der Waals surface area contributed by atoms with Gasteiger partial charge in [-0.2, -0.15) is 4.31 Å². The van der Waals surface area contributed by atoms with Crippen LogP contribution in [-0.2, 0) is 55.8 Å². The first-order valence-electron chi connectivity index (χ1n) is 47.1. The van der Waals surface area contributed by atoms with Crippen LogP contribution in [0, 0.1) is 5.92 Å². The van der Waals surface area contributed by atoms with E-state index in [1.54, 1.807) is 0 Å². The van der Waals surface area contributed by atoms with Crippen molar-refractivity contribution in [3.8, 4) is 0 Å². The molecule has 12 N–H and O–H groups in total. The van der Waals surface area contributed by atoms with Crippen molar-refractivity contribution in [2.45, 2.75) is 423 Å². The number of carbonyl (C=O) groups excluding carboxylic acids is 2. The summed E-state index contributed by atoms with van der Waals surface area (Å²) in [6.07, 6.45) is 44.7. The van der Waals surface area contributed by atoms with E-state index in [1.165, 1.54) is 96.4 Å². The van der Waals surface area contributed by atoms with E-state index in [0.29, 0.717) is 6.42 Å². The third-order valence-corrected chi connectivity index (χ3v) is 26.5. The highest BCUT2D eigenvalue weighted by Crippen LogP contribution is 2.61. The number of aliphatic hydroxyl groups excluding tert-OH is 8. The molecule has 730 valence electrons. The van der Waals surface area contributed by atoms with E-state index in [0.717, 1.165) is 187 Å². The second-order valence-electron chi connectivity index (χ2n) is 36.7. The molecule has 26 heteroatoms. The van der Waals surface area contributed by atoms with Crippen molar-refractivity contribution in [1.29, 1.82) is 0 Å². The fourth-order valence-electron chi connectivity index (χ4n) is 15.5. The summed E-state index contributed by atoms with van der Waals surface area (Å²) in [4.78, 5) is 46.3. The van der Waals surface area contributed by atoms with Crippen LogP contribution in [0.3, 0.4) is 0 Å².